The number of rotatable bonds is 7. The molecule has 29 heavy (non-hydrogen) atoms. The van der Waals surface area contributed by atoms with Gasteiger partial charge in [-0.3, -0.25) is 9.89 Å². The number of guanidine groups is 1. The van der Waals surface area contributed by atoms with Gasteiger partial charge in [-0.05, 0) is 23.7 Å². The molecular formula is C23H32FN5. The Balaban J connectivity index is 1.43. The van der Waals surface area contributed by atoms with E-state index in [0.717, 1.165) is 39.3 Å². The molecule has 5 nitrogen and oxygen atoms in total. The summed E-state index contributed by atoms with van der Waals surface area (Å²) in [5.41, 5.74) is 3.17. The highest BCUT2D eigenvalue weighted by Crippen LogP contribution is 2.10. The molecule has 0 radical (unpaired) electrons. The molecule has 0 aromatic heterocycles. The van der Waals surface area contributed by atoms with Crippen LogP contribution in [0.3, 0.4) is 0 Å². The lowest BCUT2D eigenvalue weighted by Gasteiger charge is -2.34. The fraction of sp³-hybridized carbons (Fsp3) is 0.435. The van der Waals surface area contributed by atoms with Crippen molar-refractivity contribution in [1.82, 2.24) is 20.4 Å². The predicted octanol–water partition coefficient (Wildman–Crippen LogP) is 2.83. The van der Waals surface area contributed by atoms with Crippen LogP contribution in [0.1, 0.15) is 23.6 Å². The number of halogens is 1. The van der Waals surface area contributed by atoms with Crippen LogP contribution >= 0.6 is 0 Å². The van der Waals surface area contributed by atoms with Crippen molar-refractivity contribution in [3.8, 4) is 0 Å². The summed E-state index contributed by atoms with van der Waals surface area (Å²) in [6.45, 7) is 10.1. The van der Waals surface area contributed by atoms with Crippen LogP contribution in [0.25, 0.3) is 0 Å². The third-order valence-electron chi connectivity index (χ3n) is 5.43. The van der Waals surface area contributed by atoms with E-state index in [-0.39, 0.29) is 5.82 Å². The summed E-state index contributed by atoms with van der Waals surface area (Å²) in [5.74, 6) is 0.452. The van der Waals surface area contributed by atoms with Gasteiger partial charge in [-0.25, -0.2) is 4.39 Å². The zero-order chi connectivity index (χ0) is 20.5. The van der Waals surface area contributed by atoms with E-state index < -0.39 is 0 Å². The molecule has 1 aliphatic rings. The molecule has 0 spiro atoms. The highest BCUT2D eigenvalue weighted by molar-refractivity contribution is 5.79. The predicted molar refractivity (Wildman–Crippen MR) is 117 cm³/mol. The van der Waals surface area contributed by atoms with Gasteiger partial charge in [-0.15, -0.1) is 0 Å². The number of likely N-dealkylation sites (N-methyl/N-ethyl adjacent to an activating group) is 1. The van der Waals surface area contributed by atoms with E-state index in [0.29, 0.717) is 24.6 Å². The lowest BCUT2D eigenvalue weighted by atomic mass is 10.1. The second-order valence-electron chi connectivity index (χ2n) is 7.40. The zero-order valence-electron chi connectivity index (χ0n) is 17.5. The molecule has 1 fully saturated rings. The first-order valence-electron chi connectivity index (χ1n) is 10.4. The molecule has 2 aromatic carbocycles. The van der Waals surface area contributed by atoms with Gasteiger partial charge in [0, 0.05) is 58.4 Å². The molecule has 6 heteroatoms. The Morgan fingerprint density at radius 1 is 0.897 bits per heavy atom. The number of hydrogen-bond acceptors (Lipinski definition) is 3. The van der Waals surface area contributed by atoms with Crippen LogP contribution in [0.5, 0.6) is 0 Å². The third kappa shape index (κ3) is 6.54. The third-order valence-corrected chi connectivity index (χ3v) is 5.43. The smallest absolute Gasteiger partial charge is 0.191 e. The topological polar surface area (TPSA) is 42.9 Å². The standard InChI is InChI=1S/C23H32FN5/c1-3-28-12-14-29(15-13-28)18-20-10-8-19(9-11-20)16-26-23(25-2)27-17-21-6-4-5-7-22(21)24/h4-11H,3,12-18H2,1-2H3,(H2,25,26,27). The normalized spacial score (nSPS) is 16.0. The molecule has 0 bridgehead atoms. The zero-order valence-corrected chi connectivity index (χ0v) is 17.5. The van der Waals surface area contributed by atoms with Crippen molar-refractivity contribution in [1.29, 1.82) is 0 Å². The van der Waals surface area contributed by atoms with Crippen molar-refractivity contribution in [2.24, 2.45) is 4.99 Å². The average Bonchev–Trinajstić information content (AvgIpc) is 2.76. The minimum Gasteiger partial charge on any atom is -0.352 e. The Kier molecular flexibility index (Phi) is 8.02. The van der Waals surface area contributed by atoms with Gasteiger partial charge in [0.05, 0.1) is 0 Å². The maximum Gasteiger partial charge on any atom is 0.191 e. The van der Waals surface area contributed by atoms with Crippen LogP contribution in [0, 0.1) is 5.82 Å². The Bertz CT molecular complexity index is 782. The minimum absolute atomic E-state index is 0.206. The van der Waals surface area contributed by atoms with E-state index in [1.54, 1.807) is 19.2 Å². The Morgan fingerprint density at radius 3 is 2.17 bits per heavy atom. The summed E-state index contributed by atoms with van der Waals surface area (Å²) in [6.07, 6.45) is 0. The summed E-state index contributed by atoms with van der Waals surface area (Å²) < 4.78 is 13.7. The molecule has 0 unspecified atom stereocenters. The highest BCUT2D eigenvalue weighted by atomic mass is 19.1. The van der Waals surface area contributed by atoms with Crippen molar-refractivity contribution in [3.63, 3.8) is 0 Å². The van der Waals surface area contributed by atoms with E-state index in [9.17, 15) is 4.39 Å². The number of piperazine rings is 1. The molecule has 1 aliphatic heterocycles. The SMILES string of the molecule is CCN1CCN(Cc2ccc(CNC(=NC)NCc3ccccc3F)cc2)CC1. The fourth-order valence-electron chi connectivity index (χ4n) is 3.51. The molecular weight excluding hydrogens is 365 g/mol. The van der Waals surface area contributed by atoms with Crippen molar-refractivity contribution in [2.75, 3.05) is 39.8 Å². The van der Waals surface area contributed by atoms with E-state index in [2.05, 4.69) is 56.6 Å². The van der Waals surface area contributed by atoms with Crippen molar-refractivity contribution in [2.45, 2.75) is 26.6 Å². The number of aliphatic imine (C=N–C) groups is 1. The first-order valence-corrected chi connectivity index (χ1v) is 10.4. The number of benzene rings is 2. The summed E-state index contributed by atoms with van der Waals surface area (Å²) in [7, 11) is 1.72. The van der Waals surface area contributed by atoms with Gasteiger partial charge in [-0.1, -0.05) is 49.4 Å². The van der Waals surface area contributed by atoms with Crippen LogP contribution in [-0.4, -0.2) is 55.5 Å². The molecule has 3 rings (SSSR count). The summed E-state index contributed by atoms with van der Waals surface area (Å²) >= 11 is 0. The molecule has 1 saturated heterocycles. The van der Waals surface area contributed by atoms with Gasteiger partial charge in [0.2, 0.25) is 0 Å². The number of hydrogen-bond donors (Lipinski definition) is 2. The van der Waals surface area contributed by atoms with Crippen molar-refractivity contribution in [3.05, 3.63) is 71.0 Å². The first-order chi connectivity index (χ1) is 14.2. The van der Waals surface area contributed by atoms with Crippen LogP contribution in [0.15, 0.2) is 53.5 Å². The molecule has 2 aromatic rings. The minimum atomic E-state index is -0.206. The lowest BCUT2D eigenvalue weighted by Crippen LogP contribution is -2.45. The Hall–Kier alpha value is -2.44. The van der Waals surface area contributed by atoms with E-state index in [1.165, 1.54) is 17.2 Å². The van der Waals surface area contributed by atoms with Gasteiger partial charge in [0.1, 0.15) is 5.82 Å². The molecule has 2 N–H and O–H groups in total. The average molecular weight is 398 g/mol. The summed E-state index contributed by atoms with van der Waals surface area (Å²) in [5, 5.41) is 6.45. The largest absolute Gasteiger partial charge is 0.352 e. The van der Waals surface area contributed by atoms with E-state index >= 15 is 0 Å². The van der Waals surface area contributed by atoms with Crippen LogP contribution in [0.4, 0.5) is 4.39 Å². The highest BCUT2D eigenvalue weighted by Gasteiger charge is 2.15. The van der Waals surface area contributed by atoms with Gasteiger partial charge in [0.25, 0.3) is 0 Å². The Labute approximate surface area is 173 Å². The van der Waals surface area contributed by atoms with Gasteiger partial charge in [0.15, 0.2) is 5.96 Å². The fourth-order valence-corrected chi connectivity index (χ4v) is 3.51. The molecule has 0 atom stereocenters. The second kappa shape index (κ2) is 10.9. The second-order valence-corrected chi connectivity index (χ2v) is 7.40. The summed E-state index contributed by atoms with van der Waals surface area (Å²) in [6, 6.07) is 15.5. The quantitative estimate of drug-likeness (QED) is 0.557. The van der Waals surface area contributed by atoms with Gasteiger partial charge < -0.3 is 15.5 Å². The molecule has 0 amide bonds. The van der Waals surface area contributed by atoms with Crippen molar-refractivity contribution >= 4 is 5.96 Å². The maximum atomic E-state index is 13.7. The molecule has 0 aliphatic carbocycles. The van der Waals surface area contributed by atoms with Crippen LogP contribution < -0.4 is 10.6 Å². The first kappa shape index (κ1) is 21.3. The van der Waals surface area contributed by atoms with E-state index in [4.69, 9.17) is 0 Å². The number of nitrogens with one attached hydrogen (secondary N) is 2. The maximum absolute atomic E-state index is 13.7. The van der Waals surface area contributed by atoms with Gasteiger partial charge >= 0.3 is 0 Å². The lowest BCUT2D eigenvalue weighted by molar-refractivity contribution is 0.132. The molecule has 0 saturated carbocycles. The number of nitrogens with zero attached hydrogens (tertiary/aromatic N) is 3. The van der Waals surface area contributed by atoms with Crippen LogP contribution in [-0.2, 0) is 19.6 Å². The molecule has 1 heterocycles. The summed E-state index contributed by atoms with van der Waals surface area (Å²) in [4.78, 5) is 9.24. The van der Waals surface area contributed by atoms with Crippen LogP contribution in [0.2, 0.25) is 0 Å². The van der Waals surface area contributed by atoms with E-state index in [1.807, 2.05) is 6.07 Å². The molecule has 156 valence electrons. The van der Waals surface area contributed by atoms with Crippen molar-refractivity contribution < 1.29 is 4.39 Å². The Morgan fingerprint density at radius 2 is 1.52 bits per heavy atom. The monoisotopic (exact) mass is 397 g/mol. The van der Waals surface area contributed by atoms with Gasteiger partial charge in [-0.2, -0.15) is 0 Å².